The number of pyridine rings is 1. The Labute approximate surface area is 119 Å². The van der Waals surface area contributed by atoms with Crippen LogP contribution in [0.4, 0.5) is 10.5 Å². The molecule has 108 valence electrons. The van der Waals surface area contributed by atoms with Crippen molar-refractivity contribution in [2.45, 2.75) is 19.5 Å². The molecule has 2 aliphatic heterocycles. The van der Waals surface area contributed by atoms with Crippen molar-refractivity contribution in [3.05, 3.63) is 24.0 Å². The molecule has 1 atom stereocenters. The van der Waals surface area contributed by atoms with E-state index in [1.165, 1.54) is 0 Å². The molecule has 1 aromatic rings. The first-order chi connectivity index (χ1) is 9.76. The standard InChI is InChI=1S/C14H21N5O/c1-2-15-11-3-4-16-12(7-11)9-18-5-6-19-13(10-18)8-17-14(19)20/h3-4,7,13H,2,5-6,8-10H2,1H3,(H,15,16)(H,17,20). The summed E-state index contributed by atoms with van der Waals surface area (Å²) in [5.41, 5.74) is 2.20. The Hall–Kier alpha value is -1.82. The SMILES string of the molecule is CCNc1ccnc(CN2CCN3C(=O)NCC3C2)c1. The molecule has 6 nitrogen and oxygen atoms in total. The molecule has 2 aliphatic rings. The van der Waals surface area contributed by atoms with Crippen molar-refractivity contribution in [2.75, 3.05) is 38.0 Å². The van der Waals surface area contributed by atoms with Crippen LogP contribution in [0.2, 0.25) is 0 Å². The maximum atomic E-state index is 11.6. The van der Waals surface area contributed by atoms with Gasteiger partial charge >= 0.3 is 6.03 Å². The number of rotatable bonds is 4. The minimum absolute atomic E-state index is 0.0851. The van der Waals surface area contributed by atoms with Gasteiger partial charge < -0.3 is 15.5 Å². The van der Waals surface area contributed by atoms with Crippen LogP contribution in [-0.4, -0.2) is 59.6 Å². The molecule has 0 spiro atoms. The largest absolute Gasteiger partial charge is 0.385 e. The number of amides is 2. The van der Waals surface area contributed by atoms with Crippen LogP contribution in [0.25, 0.3) is 0 Å². The molecule has 2 saturated heterocycles. The van der Waals surface area contributed by atoms with Gasteiger partial charge in [0.05, 0.1) is 11.7 Å². The van der Waals surface area contributed by atoms with E-state index in [0.29, 0.717) is 6.04 Å². The van der Waals surface area contributed by atoms with Crippen molar-refractivity contribution in [1.82, 2.24) is 20.1 Å². The molecule has 1 unspecified atom stereocenters. The summed E-state index contributed by atoms with van der Waals surface area (Å²) >= 11 is 0. The lowest BCUT2D eigenvalue weighted by Crippen LogP contribution is -2.51. The zero-order valence-corrected chi connectivity index (χ0v) is 11.8. The minimum Gasteiger partial charge on any atom is -0.385 e. The van der Waals surface area contributed by atoms with Crippen LogP contribution >= 0.6 is 0 Å². The van der Waals surface area contributed by atoms with Gasteiger partial charge in [-0.1, -0.05) is 0 Å². The topological polar surface area (TPSA) is 60.5 Å². The van der Waals surface area contributed by atoms with Gasteiger partial charge in [-0.05, 0) is 19.1 Å². The molecule has 0 saturated carbocycles. The molecule has 20 heavy (non-hydrogen) atoms. The van der Waals surface area contributed by atoms with Gasteiger partial charge in [0.2, 0.25) is 0 Å². The number of fused-ring (bicyclic) bond motifs is 1. The molecule has 3 rings (SSSR count). The predicted molar refractivity (Wildman–Crippen MR) is 77.6 cm³/mol. The van der Waals surface area contributed by atoms with Crippen LogP contribution in [0.5, 0.6) is 0 Å². The average Bonchev–Trinajstić information content (AvgIpc) is 2.81. The normalized spacial score (nSPS) is 22.6. The minimum atomic E-state index is 0.0851. The molecule has 0 aromatic carbocycles. The highest BCUT2D eigenvalue weighted by Gasteiger charge is 2.35. The molecule has 2 fully saturated rings. The summed E-state index contributed by atoms with van der Waals surface area (Å²) in [4.78, 5) is 20.3. The number of urea groups is 1. The van der Waals surface area contributed by atoms with E-state index in [-0.39, 0.29) is 6.03 Å². The highest BCUT2D eigenvalue weighted by molar-refractivity contribution is 5.77. The fraction of sp³-hybridized carbons (Fsp3) is 0.571. The Morgan fingerprint density at radius 3 is 3.25 bits per heavy atom. The summed E-state index contributed by atoms with van der Waals surface area (Å²) in [6, 6.07) is 4.49. The van der Waals surface area contributed by atoms with E-state index in [4.69, 9.17) is 0 Å². The Balaban J connectivity index is 1.61. The molecule has 6 heteroatoms. The first-order valence-electron chi connectivity index (χ1n) is 7.22. The number of nitrogens with one attached hydrogen (secondary N) is 2. The van der Waals surface area contributed by atoms with Gasteiger partial charge in [-0.25, -0.2) is 4.79 Å². The van der Waals surface area contributed by atoms with Gasteiger partial charge in [-0.3, -0.25) is 9.88 Å². The molecule has 3 heterocycles. The summed E-state index contributed by atoms with van der Waals surface area (Å²) in [5.74, 6) is 0. The predicted octanol–water partition coefficient (Wildman–Crippen LogP) is 0.723. The van der Waals surface area contributed by atoms with Crippen LogP contribution in [0.15, 0.2) is 18.3 Å². The van der Waals surface area contributed by atoms with E-state index < -0.39 is 0 Å². The van der Waals surface area contributed by atoms with Crippen LogP contribution in [0.1, 0.15) is 12.6 Å². The van der Waals surface area contributed by atoms with E-state index in [1.54, 1.807) is 0 Å². The number of hydrogen-bond donors (Lipinski definition) is 2. The molecule has 2 amide bonds. The second-order valence-electron chi connectivity index (χ2n) is 5.33. The van der Waals surface area contributed by atoms with E-state index in [9.17, 15) is 4.79 Å². The lowest BCUT2D eigenvalue weighted by atomic mass is 10.2. The highest BCUT2D eigenvalue weighted by atomic mass is 16.2. The van der Waals surface area contributed by atoms with Crippen molar-refractivity contribution in [3.63, 3.8) is 0 Å². The summed E-state index contributed by atoms with van der Waals surface area (Å²) in [6.45, 7) is 7.26. The van der Waals surface area contributed by atoms with Crippen LogP contribution in [0, 0.1) is 0 Å². The second kappa shape index (κ2) is 5.66. The van der Waals surface area contributed by atoms with Crippen LogP contribution in [0.3, 0.4) is 0 Å². The summed E-state index contributed by atoms with van der Waals surface area (Å²) < 4.78 is 0. The average molecular weight is 275 g/mol. The Bertz CT molecular complexity index is 492. The smallest absolute Gasteiger partial charge is 0.317 e. The Kier molecular flexibility index (Phi) is 3.73. The fourth-order valence-corrected chi connectivity index (χ4v) is 2.92. The number of aromatic nitrogens is 1. The van der Waals surface area contributed by atoms with E-state index >= 15 is 0 Å². The van der Waals surface area contributed by atoms with E-state index in [2.05, 4.69) is 33.5 Å². The zero-order valence-electron chi connectivity index (χ0n) is 11.8. The summed E-state index contributed by atoms with van der Waals surface area (Å²) in [6.07, 6.45) is 1.85. The van der Waals surface area contributed by atoms with Crippen LogP contribution < -0.4 is 10.6 Å². The van der Waals surface area contributed by atoms with E-state index in [0.717, 1.165) is 50.6 Å². The Morgan fingerprint density at radius 2 is 2.40 bits per heavy atom. The maximum absolute atomic E-state index is 11.6. The summed E-state index contributed by atoms with van der Waals surface area (Å²) in [7, 11) is 0. The molecule has 1 aromatic heterocycles. The number of piperazine rings is 1. The van der Waals surface area contributed by atoms with E-state index in [1.807, 2.05) is 17.2 Å². The second-order valence-corrected chi connectivity index (χ2v) is 5.33. The monoisotopic (exact) mass is 275 g/mol. The number of carbonyl (C=O) groups is 1. The first kappa shape index (κ1) is 13.2. The lowest BCUT2D eigenvalue weighted by Gasteiger charge is -2.36. The van der Waals surface area contributed by atoms with Crippen molar-refractivity contribution in [2.24, 2.45) is 0 Å². The molecule has 2 N–H and O–H groups in total. The van der Waals surface area contributed by atoms with Crippen LogP contribution in [-0.2, 0) is 6.54 Å². The molecular formula is C14H21N5O. The zero-order chi connectivity index (χ0) is 13.9. The van der Waals surface area contributed by atoms with Crippen molar-refractivity contribution in [1.29, 1.82) is 0 Å². The lowest BCUT2D eigenvalue weighted by molar-refractivity contribution is 0.116. The summed E-state index contributed by atoms with van der Waals surface area (Å²) in [5, 5.41) is 6.21. The quantitative estimate of drug-likeness (QED) is 0.850. The molecular weight excluding hydrogens is 254 g/mol. The van der Waals surface area contributed by atoms with Gasteiger partial charge in [0, 0.05) is 51.2 Å². The number of anilines is 1. The number of hydrogen-bond acceptors (Lipinski definition) is 4. The first-order valence-corrected chi connectivity index (χ1v) is 7.22. The van der Waals surface area contributed by atoms with Gasteiger partial charge in [0.15, 0.2) is 0 Å². The third-order valence-electron chi connectivity index (χ3n) is 3.90. The number of nitrogens with zero attached hydrogens (tertiary/aromatic N) is 3. The Morgan fingerprint density at radius 1 is 1.50 bits per heavy atom. The third kappa shape index (κ3) is 2.70. The molecule has 0 aliphatic carbocycles. The number of carbonyl (C=O) groups excluding carboxylic acids is 1. The molecule has 0 bridgehead atoms. The van der Waals surface area contributed by atoms with Gasteiger partial charge in [0.1, 0.15) is 0 Å². The van der Waals surface area contributed by atoms with Crippen molar-refractivity contribution < 1.29 is 4.79 Å². The van der Waals surface area contributed by atoms with Gasteiger partial charge in [0.25, 0.3) is 0 Å². The van der Waals surface area contributed by atoms with Gasteiger partial charge in [-0.15, -0.1) is 0 Å². The third-order valence-corrected chi connectivity index (χ3v) is 3.90. The van der Waals surface area contributed by atoms with Crippen molar-refractivity contribution in [3.8, 4) is 0 Å². The maximum Gasteiger partial charge on any atom is 0.317 e. The highest BCUT2D eigenvalue weighted by Crippen LogP contribution is 2.17. The molecule has 0 radical (unpaired) electrons. The van der Waals surface area contributed by atoms with Crippen molar-refractivity contribution >= 4 is 11.7 Å². The van der Waals surface area contributed by atoms with Gasteiger partial charge in [-0.2, -0.15) is 0 Å². The fourth-order valence-electron chi connectivity index (χ4n) is 2.92.